The third kappa shape index (κ3) is 1.90. The average Bonchev–Trinajstić information content (AvgIpc) is 2.76. The second-order valence-corrected chi connectivity index (χ2v) is 4.36. The molecule has 0 saturated carbocycles. The van der Waals surface area contributed by atoms with Crippen LogP contribution in [0.2, 0.25) is 0 Å². The van der Waals surface area contributed by atoms with Crippen LogP contribution in [0.3, 0.4) is 0 Å². The van der Waals surface area contributed by atoms with Gasteiger partial charge < -0.3 is 24.4 Å². The molecular weight excluding hydrogens is 236 g/mol. The van der Waals surface area contributed by atoms with Gasteiger partial charge in [-0.2, -0.15) is 0 Å². The number of aliphatic imine (C=N–C) groups is 2. The van der Waals surface area contributed by atoms with Crippen LogP contribution >= 0.6 is 0 Å². The van der Waals surface area contributed by atoms with E-state index in [1.807, 2.05) is 4.90 Å². The van der Waals surface area contributed by atoms with Crippen molar-refractivity contribution in [1.29, 1.82) is 0 Å². The molecule has 3 aliphatic heterocycles. The van der Waals surface area contributed by atoms with Gasteiger partial charge in [0, 0.05) is 32.6 Å². The fourth-order valence-corrected chi connectivity index (χ4v) is 2.21. The molecule has 3 rings (SSSR count). The lowest BCUT2D eigenvalue weighted by molar-refractivity contribution is -0.172. The lowest BCUT2D eigenvalue weighted by Gasteiger charge is -2.32. The van der Waals surface area contributed by atoms with Crippen LogP contribution in [-0.4, -0.2) is 72.4 Å². The fraction of sp³-hybridized carbons (Fsp3) is 0.636. The van der Waals surface area contributed by atoms with Crippen molar-refractivity contribution in [2.45, 2.75) is 5.91 Å². The molecule has 1 N–H and O–H groups in total. The number of amidine groups is 2. The van der Waals surface area contributed by atoms with Gasteiger partial charge in [0.1, 0.15) is 6.54 Å². The number of morpholine rings is 1. The van der Waals surface area contributed by atoms with E-state index in [0.717, 1.165) is 18.9 Å². The maximum absolute atomic E-state index is 10.1. The molecule has 1 fully saturated rings. The quantitative estimate of drug-likeness (QED) is 0.619. The predicted octanol–water partition coefficient (Wildman–Crippen LogP) is -0.791. The molecule has 0 radical (unpaired) electrons. The minimum Gasteiger partial charge on any atom is -0.378 e. The summed E-state index contributed by atoms with van der Waals surface area (Å²) in [6.07, 6.45) is 3.50. The zero-order valence-electron chi connectivity index (χ0n) is 10.2. The summed E-state index contributed by atoms with van der Waals surface area (Å²) in [5, 5.41) is 10.1. The average molecular weight is 252 g/mol. The number of fused-ring (bicyclic) bond motifs is 1. The second kappa shape index (κ2) is 4.34. The highest BCUT2D eigenvalue weighted by molar-refractivity contribution is 6.41. The van der Waals surface area contributed by atoms with Crippen molar-refractivity contribution in [3.05, 3.63) is 12.4 Å². The monoisotopic (exact) mass is 252 g/mol. The van der Waals surface area contributed by atoms with E-state index >= 15 is 0 Å². The van der Waals surface area contributed by atoms with Crippen molar-refractivity contribution in [1.82, 2.24) is 9.80 Å². The van der Waals surface area contributed by atoms with Gasteiger partial charge >= 0.3 is 0 Å². The van der Waals surface area contributed by atoms with Crippen molar-refractivity contribution < 1.29 is 14.6 Å². The third-order valence-electron chi connectivity index (χ3n) is 3.21. The van der Waals surface area contributed by atoms with E-state index < -0.39 is 5.91 Å². The first kappa shape index (κ1) is 11.6. The minimum absolute atomic E-state index is 0.290. The van der Waals surface area contributed by atoms with Crippen LogP contribution in [0, 0.1) is 0 Å². The number of ether oxygens (including phenoxy) is 2. The summed E-state index contributed by atoms with van der Waals surface area (Å²) >= 11 is 0. The van der Waals surface area contributed by atoms with E-state index in [-0.39, 0.29) is 0 Å². The van der Waals surface area contributed by atoms with Gasteiger partial charge in [-0.05, 0) is 0 Å². The summed E-state index contributed by atoms with van der Waals surface area (Å²) in [7, 11) is 1.44. The van der Waals surface area contributed by atoms with Crippen LogP contribution in [-0.2, 0) is 9.47 Å². The maximum Gasteiger partial charge on any atom is 0.287 e. The molecule has 0 bridgehead atoms. The van der Waals surface area contributed by atoms with E-state index in [2.05, 4.69) is 14.9 Å². The molecule has 0 aromatic heterocycles. The van der Waals surface area contributed by atoms with Gasteiger partial charge in [0.15, 0.2) is 11.7 Å². The molecule has 1 saturated heterocycles. The Kier molecular flexibility index (Phi) is 2.81. The summed E-state index contributed by atoms with van der Waals surface area (Å²) in [6, 6.07) is 0. The van der Waals surface area contributed by atoms with Crippen molar-refractivity contribution >= 4 is 11.7 Å². The zero-order valence-corrected chi connectivity index (χ0v) is 10.2. The molecule has 3 heterocycles. The Morgan fingerprint density at radius 2 is 2.17 bits per heavy atom. The normalized spacial score (nSPS) is 31.2. The molecule has 98 valence electrons. The lowest BCUT2D eigenvalue weighted by atomic mass is 10.3. The molecule has 18 heavy (non-hydrogen) atoms. The number of nitrogens with zero attached hydrogens (tertiary/aromatic N) is 4. The molecule has 3 aliphatic rings. The van der Waals surface area contributed by atoms with E-state index in [0.29, 0.717) is 25.6 Å². The van der Waals surface area contributed by atoms with Gasteiger partial charge in [-0.25, -0.2) is 9.98 Å². The van der Waals surface area contributed by atoms with Crippen molar-refractivity contribution in [2.24, 2.45) is 9.98 Å². The molecule has 7 nitrogen and oxygen atoms in total. The highest BCUT2D eigenvalue weighted by Gasteiger charge is 2.41. The molecule has 0 spiro atoms. The number of hydrogen-bond donors (Lipinski definition) is 1. The summed E-state index contributed by atoms with van der Waals surface area (Å²) < 4.78 is 10.3. The summed E-state index contributed by atoms with van der Waals surface area (Å²) in [6.45, 7) is 3.23. The Labute approximate surface area is 105 Å². The molecule has 1 atom stereocenters. The Bertz CT molecular complexity index is 428. The minimum atomic E-state index is -1.48. The standard InChI is InChI=1S/C11H16N4O3/c1-17-11(16)8-15-3-2-12-9(10(15)13-11)14-4-6-18-7-5-14/h2-3,16H,4-8H2,1H3. The summed E-state index contributed by atoms with van der Waals surface area (Å²) in [5.41, 5.74) is 0. The van der Waals surface area contributed by atoms with Crippen molar-refractivity contribution in [2.75, 3.05) is 40.0 Å². The number of aliphatic hydroxyl groups is 1. The first-order chi connectivity index (χ1) is 8.72. The van der Waals surface area contributed by atoms with E-state index in [1.165, 1.54) is 7.11 Å². The van der Waals surface area contributed by atoms with Gasteiger partial charge in [0.05, 0.1) is 13.2 Å². The van der Waals surface area contributed by atoms with Crippen LogP contribution in [0.15, 0.2) is 22.4 Å². The van der Waals surface area contributed by atoms with Crippen LogP contribution in [0.1, 0.15) is 0 Å². The molecule has 1 unspecified atom stereocenters. The predicted molar refractivity (Wildman–Crippen MR) is 65.1 cm³/mol. The Balaban J connectivity index is 1.87. The third-order valence-corrected chi connectivity index (χ3v) is 3.21. The van der Waals surface area contributed by atoms with Gasteiger partial charge in [0.25, 0.3) is 5.91 Å². The zero-order chi connectivity index (χ0) is 12.6. The van der Waals surface area contributed by atoms with Gasteiger partial charge in [-0.3, -0.25) is 0 Å². The molecule has 0 aromatic rings. The van der Waals surface area contributed by atoms with Gasteiger partial charge in [0.2, 0.25) is 0 Å². The van der Waals surface area contributed by atoms with Crippen LogP contribution in [0.25, 0.3) is 0 Å². The topological polar surface area (TPSA) is 69.9 Å². The van der Waals surface area contributed by atoms with E-state index in [1.54, 1.807) is 12.4 Å². The largest absolute Gasteiger partial charge is 0.378 e. The van der Waals surface area contributed by atoms with Crippen LogP contribution in [0.5, 0.6) is 0 Å². The number of hydrogen-bond acceptors (Lipinski definition) is 7. The van der Waals surface area contributed by atoms with Gasteiger partial charge in [-0.15, -0.1) is 0 Å². The SMILES string of the molecule is COC1(O)CN2C=CN=C(N3CCOCC3)C2=N1. The first-order valence-corrected chi connectivity index (χ1v) is 5.93. The Morgan fingerprint density at radius 3 is 2.89 bits per heavy atom. The highest BCUT2D eigenvalue weighted by atomic mass is 16.6. The van der Waals surface area contributed by atoms with Gasteiger partial charge in [-0.1, -0.05) is 0 Å². The Morgan fingerprint density at radius 1 is 1.39 bits per heavy atom. The molecular formula is C11H16N4O3. The smallest absolute Gasteiger partial charge is 0.287 e. The second-order valence-electron chi connectivity index (χ2n) is 4.36. The van der Waals surface area contributed by atoms with Crippen molar-refractivity contribution in [3.8, 4) is 0 Å². The molecule has 0 amide bonds. The highest BCUT2D eigenvalue weighted by Crippen LogP contribution is 2.23. The lowest BCUT2D eigenvalue weighted by Crippen LogP contribution is -2.48. The molecule has 7 heteroatoms. The Hall–Kier alpha value is -1.44. The van der Waals surface area contributed by atoms with E-state index in [4.69, 9.17) is 9.47 Å². The summed E-state index contributed by atoms with van der Waals surface area (Å²) in [5.74, 6) is -0.0469. The van der Waals surface area contributed by atoms with Crippen molar-refractivity contribution in [3.63, 3.8) is 0 Å². The summed E-state index contributed by atoms with van der Waals surface area (Å²) in [4.78, 5) is 12.6. The molecule has 0 aromatic carbocycles. The molecule has 0 aliphatic carbocycles. The van der Waals surface area contributed by atoms with Crippen LogP contribution < -0.4 is 0 Å². The first-order valence-electron chi connectivity index (χ1n) is 5.93. The fourth-order valence-electron chi connectivity index (χ4n) is 2.21. The number of rotatable bonds is 1. The number of methoxy groups -OCH3 is 1. The maximum atomic E-state index is 10.1. The van der Waals surface area contributed by atoms with E-state index in [9.17, 15) is 5.11 Å². The van der Waals surface area contributed by atoms with Crippen LogP contribution in [0.4, 0.5) is 0 Å².